The number of unbranched alkanes of at least 4 members (excludes halogenated alkanes) is 1. The van der Waals surface area contributed by atoms with Crippen molar-refractivity contribution in [2.75, 3.05) is 18.9 Å². The summed E-state index contributed by atoms with van der Waals surface area (Å²) in [5.41, 5.74) is 8.73. The average molecular weight is 354 g/mol. The molecular formula is C20H22N2O2S. The molecule has 3 aromatic rings. The minimum absolute atomic E-state index is 0.568. The van der Waals surface area contributed by atoms with E-state index in [2.05, 4.69) is 18.0 Å². The van der Waals surface area contributed by atoms with Gasteiger partial charge in [0.2, 0.25) is 0 Å². The largest absolute Gasteiger partial charge is 0.493 e. The summed E-state index contributed by atoms with van der Waals surface area (Å²) in [5.74, 6) is 1.79. The molecule has 0 aliphatic heterocycles. The Hall–Kier alpha value is -2.53. The monoisotopic (exact) mass is 354 g/mol. The molecule has 2 N–H and O–H groups in total. The van der Waals surface area contributed by atoms with E-state index in [-0.39, 0.29) is 0 Å². The number of benzene rings is 2. The third kappa shape index (κ3) is 4.73. The van der Waals surface area contributed by atoms with E-state index in [9.17, 15) is 0 Å². The van der Waals surface area contributed by atoms with E-state index in [1.54, 1.807) is 0 Å². The second-order valence-corrected chi connectivity index (χ2v) is 6.63. The van der Waals surface area contributed by atoms with Gasteiger partial charge in [-0.05, 0) is 43.5 Å². The molecule has 130 valence electrons. The molecule has 0 bridgehead atoms. The van der Waals surface area contributed by atoms with Gasteiger partial charge in [-0.2, -0.15) is 0 Å². The van der Waals surface area contributed by atoms with Gasteiger partial charge in [0, 0.05) is 10.9 Å². The lowest BCUT2D eigenvalue weighted by atomic mass is 10.1. The minimum Gasteiger partial charge on any atom is -0.493 e. The van der Waals surface area contributed by atoms with E-state index in [0.29, 0.717) is 18.3 Å². The SMILES string of the molecule is Cc1ccccc1OCCCCOc1ccccc1-c1csc(N)n1. The number of hydrogen-bond donors (Lipinski definition) is 1. The summed E-state index contributed by atoms with van der Waals surface area (Å²) in [5, 5.41) is 2.52. The summed E-state index contributed by atoms with van der Waals surface area (Å²) in [6.45, 7) is 3.40. The van der Waals surface area contributed by atoms with E-state index >= 15 is 0 Å². The van der Waals surface area contributed by atoms with Crippen molar-refractivity contribution in [2.24, 2.45) is 0 Å². The van der Waals surface area contributed by atoms with Crippen LogP contribution in [0.15, 0.2) is 53.9 Å². The third-order valence-electron chi connectivity index (χ3n) is 3.83. The quantitative estimate of drug-likeness (QED) is 0.582. The number of nitrogens with two attached hydrogens (primary N) is 1. The second kappa shape index (κ2) is 8.53. The van der Waals surface area contributed by atoms with Crippen molar-refractivity contribution in [1.29, 1.82) is 0 Å². The predicted molar refractivity (Wildman–Crippen MR) is 103 cm³/mol. The second-order valence-electron chi connectivity index (χ2n) is 5.74. The zero-order valence-electron chi connectivity index (χ0n) is 14.3. The molecule has 0 radical (unpaired) electrons. The average Bonchev–Trinajstić information content (AvgIpc) is 3.06. The number of nitrogens with zero attached hydrogens (tertiary/aromatic N) is 1. The smallest absolute Gasteiger partial charge is 0.180 e. The Bertz CT molecular complexity index is 817. The molecule has 0 aliphatic carbocycles. The number of hydrogen-bond acceptors (Lipinski definition) is 5. The van der Waals surface area contributed by atoms with E-state index in [0.717, 1.165) is 41.2 Å². The Morgan fingerprint density at radius 1 is 0.920 bits per heavy atom. The highest BCUT2D eigenvalue weighted by Gasteiger charge is 2.09. The van der Waals surface area contributed by atoms with Crippen molar-refractivity contribution in [2.45, 2.75) is 19.8 Å². The highest BCUT2D eigenvalue weighted by molar-refractivity contribution is 7.13. The van der Waals surface area contributed by atoms with Gasteiger partial charge in [-0.1, -0.05) is 30.3 Å². The molecule has 1 aromatic heterocycles. The van der Waals surface area contributed by atoms with Crippen molar-refractivity contribution in [3.63, 3.8) is 0 Å². The highest BCUT2D eigenvalue weighted by Crippen LogP contribution is 2.31. The molecule has 0 saturated carbocycles. The van der Waals surface area contributed by atoms with Crippen LogP contribution < -0.4 is 15.2 Å². The Morgan fingerprint density at radius 2 is 1.56 bits per heavy atom. The van der Waals surface area contributed by atoms with Gasteiger partial charge in [-0.15, -0.1) is 11.3 Å². The molecular weight excluding hydrogens is 332 g/mol. The van der Waals surface area contributed by atoms with Crippen LogP contribution >= 0.6 is 11.3 Å². The van der Waals surface area contributed by atoms with E-state index in [1.807, 2.05) is 47.8 Å². The predicted octanol–water partition coefficient (Wildman–Crippen LogP) is 4.94. The minimum atomic E-state index is 0.568. The van der Waals surface area contributed by atoms with Crippen LogP contribution in [0.2, 0.25) is 0 Å². The lowest BCUT2D eigenvalue weighted by molar-refractivity contribution is 0.266. The Morgan fingerprint density at radius 3 is 2.24 bits per heavy atom. The van der Waals surface area contributed by atoms with Crippen LogP contribution in [-0.2, 0) is 0 Å². The number of ether oxygens (including phenoxy) is 2. The van der Waals surface area contributed by atoms with Crippen LogP contribution in [0.3, 0.4) is 0 Å². The van der Waals surface area contributed by atoms with Gasteiger partial charge in [0.05, 0.1) is 18.9 Å². The fourth-order valence-electron chi connectivity index (χ4n) is 2.50. The maximum atomic E-state index is 5.95. The lowest BCUT2D eigenvalue weighted by Gasteiger charge is -2.11. The number of aryl methyl sites for hydroxylation is 1. The maximum absolute atomic E-state index is 5.95. The molecule has 5 heteroatoms. The van der Waals surface area contributed by atoms with Crippen LogP contribution in [0.4, 0.5) is 5.13 Å². The van der Waals surface area contributed by atoms with Gasteiger partial charge in [-0.25, -0.2) is 4.98 Å². The standard InChI is InChI=1S/C20H22N2O2S/c1-15-8-2-4-10-18(15)23-12-6-7-13-24-19-11-5-3-9-16(19)17-14-25-20(21)22-17/h2-5,8-11,14H,6-7,12-13H2,1H3,(H2,21,22). The summed E-state index contributed by atoms with van der Waals surface area (Å²) in [6, 6.07) is 16.0. The molecule has 0 aliphatic rings. The summed E-state index contributed by atoms with van der Waals surface area (Å²) < 4.78 is 11.8. The normalized spacial score (nSPS) is 10.6. The number of anilines is 1. The fourth-order valence-corrected chi connectivity index (χ4v) is 3.07. The van der Waals surface area contributed by atoms with Crippen LogP contribution in [0, 0.1) is 6.92 Å². The first-order chi connectivity index (χ1) is 12.2. The van der Waals surface area contributed by atoms with Gasteiger partial charge in [0.1, 0.15) is 11.5 Å². The van der Waals surface area contributed by atoms with Gasteiger partial charge in [-0.3, -0.25) is 0 Å². The number of thiazole rings is 1. The first-order valence-corrected chi connectivity index (χ1v) is 9.23. The first-order valence-electron chi connectivity index (χ1n) is 8.35. The Labute approximate surface area is 152 Å². The maximum Gasteiger partial charge on any atom is 0.180 e. The molecule has 0 amide bonds. The molecule has 0 fully saturated rings. The number of para-hydroxylation sites is 2. The third-order valence-corrected chi connectivity index (χ3v) is 4.51. The molecule has 2 aromatic carbocycles. The summed E-state index contributed by atoms with van der Waals surface area (Å²) in [6.07, 6.45) is 1.87. The topological polar surface area (TPSA) is 57.4 Å². The van der Waals surface area contributed by atoms with Crippen molar-refractivity contribution in [3.05, 3.63) is 59.5 Å². The number of aromatic nitrogens is 1. The Balaban J connectivity index is 1.46. The van der Waals surface area contributed by atoms with Gasteiger partial charge >= 0.3 is 0 Å². The molecule has 1 heterocycles. The van der Waals surface area contributed by atoms with Crippen LogP contribution in [0.1, 0.15) is 18.4 Å². The van der Waals surface area contributed by atoms with Gasteiger partial charge < -0.3 is 15.2 Å². The molecule has 0 saturated heterocycles. The summed E-state index contributed by atoms with van der Waals surface area (Å²) >= 11 is 1.44. The van der Waals surface area contributed by atoms with Crippen molar-refractivity contribution in [3.8, 4) is 22.8 Å². The molecule has 0 spiro atoms. The molecule has 4 nitrogen and oxygen atoms in total. The summed E-state index contributed by atoms with van der Waals surface area (Å²) in [7, 11) is 0. The van der Waals surface area contributed by atoms with E-state index < -0.39 is 0 Å². The molecule has 0 unspecified atom stereocenters. The van der Waals surface area contributed by atoms with Crippen LogP contribution in [0.25, 0.3) is 11.3 Å². The molecule has 0 atom stereocenters. The molecule has 25 heavy (non-hydrogen) atoms. The number of rotatable bonds is 8. The van der Waals surface area contributed by atoms with Crippen LogP contribution in [0.5, 0.6) is 11.5 Å². The summed E-state index contributed by atoms with van der Waals surface area (Å²) in [4.78, 5) is 4.34. The fraction of sp³-hybridized carbons (Fsp3) is 0.250. The van der Waals surface area contributed by atoms with E-state index in [1.165, 1.54) is 11.3 Å². The Kier molecular flexibility index (Phi) is 5.90. The molecule has 3 rings (SSSR count). The van der Waals surface area contributed by atoms with E-state index in [4.69, 9.17) is 15.2 Å². The zero-order valence-corrected chi connectivity index (χ0v) is 15.1. The van der Waals surface area contributed by atoms with Crippen molar-refractivity contribution >= 4 is 16.5 Å². The van der Waals surface area contributed by atoms with Crippen molar-refractivity contribution < 1.29 is 9.47 Å². The van der Waals surface area contributed by atoms with Gasteiger partial charge in [0.15, 0.2) is 5.13 Å². The first kappa shape index (κ1) is 17.3. The number of nitrogen functional groups attached to an aromatic ring is 1. The highest BCUT2D eigenvalue weighted by atomic mass is 32.1. The van der Waals surface area contributed by atoms with Crippen molar-refractivity contribution in [1.82, 2.24) is 4.98 Å². The van der Waals surface area contributed by atoms with Crippen LogP contribution in [-0.4, -0.2) is 18.2 Å². The van der Waals surface area contributed by atoms with Gasteiger partial charge in [0.25, 0.3) is 0 Å². The zero-order chi connectivity index (χ0) is 17.5. The lowest BCUT2D eigenvalue weighted by Crippen LogP contribution is -2.03.